The zero-order chi connectivity index (χ0) is 24.0. The second-order valence-corrected chi connectivity index (χ2v) is 9.40. The van der Waals surface area contributed by atoms with E-state index < -0.39 is 10.1 Å². The summed E-state index contributed by atoms with van der Waals surface area (Å²) in [5.74, 6) is 0. The van der Waals surface area contributed by atoms with Crippen LogP contribution in [0.2, 0.25) is 0 Å². The monoisotopic (exact) mass is 460 g/mol. The summed E-state index contributed by atoms with van der Waals surface area (Å²) in [5, 5.41) is 2.53. The maximum atomic E-state index is 10.4. The molecule has 1 aromatic heterocycles. The zero-order valence-electron chi connectivity index (χ0n) is 19.3. The molecule has 170 valence electrons. The lowest BCUT2D eigenvalue weighted by Crippen LogP contribution is -2.31. The normalized spacial score (nSPS) is 11.3. The molecule has 0 aliphatic heterocycles. The molecule has 0 N–H and O–H groups in total. The average molecular weight is 461 g/mol. The van der Waals surface area contributed by atoms with Crippen molar-refractivity contribution in [2.24, 2.45) is 7.05 Å². The molecule has 0 fully saturated rings. The van der Waals surface area contributed by atoms with E-state index in [0.717, 1.165) is 5.56 Å². The van der Waals surface area contributed by atoms with Gasteiger partial charge in [0.05, 0.1) is 4.90 Å². The quantitative estimate of drug-likeness (QED) is 0.324. The molecule has 0 bridgehead atoms. The zero-order valence-corrected chi connectivity index (χ0v) is 20.1. The second kappa shape index (κ2) is 10.4. The Morgan fingerprint density at radius 1 is 0.848 bits per heavy atom. The van der Waals surface area contributed by atoms with Gasteiger partial charge in [0.25, 0.3) is 0 Å². The number of nitrogens with zero attached hydrogens (tertiary/aromatic N) is 2. The molecule has 0 aliphatic rings. The SMILES string of the molecule is CN(C)c1ccc(C=Cc2cc3ccccc3c[n+]2C)cc1.Cc1ccc(S(=O)(=O)[O-])cc1. The average Bonchev–Trinajstić information content (AvgIpc) is 2.78. The summed E-state index contributed by atoms with van der Waals surface area (Å²) in [6.45, 7) is 1.82. The number of rotatable bonds is 4. The van der Waals surface area contributed by atoms with Crippen LogP contribution in [0.4, 0.5) is 5.69 Å². The van der Waals surface area contributed by atoms with Crippen molar-refractivity contribution < 1.29 is 17.5 Å². The van der Waals surface area contributed by atoms with E-state index in [0.29, 0.717) is 0 Å². The number of aryl methyl sites for hydroxylation is 2. The first-order chi connectivity index (χ1) is 15.6. The molecule has 6 heteroatoms. The molecule has 0 atom stereocenters. The van der Waals surface area contributed by atoms with E-state index in [2.05, 4.69) is 104 Å². The van der Waals surface area contributed by atoms with E-state index in [1.54, 1.807) is 12.1 Å². The van der Waals surface area contributed by atoms with E-state index in [1.165, 1.54) is 39.8 Å². The van der Waals surface area contributed by atoms with Crippen LogP contribution in [0.1, 0.15) is 16.8 Å². The summed E-state index contributed by atoms with van der Waals surface area (Å²) in [5.41, 5.74) is 4.54. The number of fused-ring (bicyclic) bond motifs is 1. The van der Waals surface area contributed by atoms with Crippen LogP contribution < -0.4 is 9.47 Å². The second-order valence-electron chi connectivity index (χ2n) is 8.02. The van der Waals surface area contributed by atoms with Crippen LogP contribution >= 0.6 is 0 Å². The van der Waals surface area contributed by atoms with Gasteiger partial charge in [-0.25, -0.2) is 13.0 Å². The van der Waals surface area contributed by atoms with E-state index >= 15 is 0 Å². The number of hydrogen-bond donors (Lipinski definition) is 0. The highest BCUT2D eigenvalue weighted by molar-refractivity contribution is 7.85. The molecule has 1 heterocycles. The Morgan fingerprint density at radius 2 is 1.45 bits per heavy atom. The molecule has 0 spiro atoms. The fraction of sp³-hybridized carbons (Fsp3) is 0.148. The molecule has 4 aromatic rings. The largest absolute Gasteiger partial charge is 0.744 e. The van der Waals surface area contributed by atoms with Crippen LogP contribution in [-0.4, -0.2) is 27.1 Å². The van der Waals surface area contributed by atoms with Crippen LogP contribution in [-0.2, 0) is 17.2 Å². The summed E-state index contributed by atoms with van der Waals surface area (Å²) >= 11 is 0. The number of anilines is 1. The highest BCUT2D eigenvalue weighted by Crippen LogP contribution is 2.16. The molecular weight excluding hydrogens is 432 g/mol. The van der Waals surface area contributed by atoms with Crippen molar-refractivity contribution in [3.63, 3.8) is 0 Å². The van der Waals surface area contributed by atoms with Crippen molar-refractivity contribution in [2.75, 3.05) is 19.0 Å². The van der Waals surface area contributed by atoms with Gasteiger partial charge in [-0.2, -0.15) is 0 Å². The smallest absolute Gasteiger partial charge is 0.205 e. The third kappa shape index (κ3) is 6.75. The van der Waals surface area contributed by atoms with Crippen molar-refractivity contribution in [2.45, 2.75) is 11.8 Å². The topological polar surface area (TPSA) is 64.3 Å². The van der Waals surface area contributed by atoms with E-state index in [9.17, 15) is 13.0 Å². The first-order valence-corrected chi connectivity index (χ1v) is 11.9. The fourth-order valence-electron chi connectivity index (χ4n) is 3.24. The van der Waals surface area contributed by atoms with Gasteiger partial charge < -0.3 is 9.45 Å². The van der Waals surface area contributed by atoms with Gasteiger partial charge in [-0.1, -0.05) is 48.0 Å². The summed E-state index contributed by atoms with van der Waals surface area (Å²) in [7, 11) is 1.93. The third-order valence-corrected chi connectivity index (χ3v) is 6.05. The summed E-state index contributed by atoms with van der Waals surface area (Å²) in [6, 6.07) is 25.0. The highest BCUT2D eigenvalue weighted by atomic mass is 32.2. The minimum absolute atomic E-state index is 0.178. The minimum atomic E-state index is -4.27. The minimum Gasteiger partial charge on any atom is -0.744 e. The van der Waals surface area contributed by atoms with Gasteiger partial charge in [0, 0.05) is 37.3 Å². The number of hydrogen-bond acceptors (Lipinski definition) is 4. The summed E-state index contributed by atoms with van der Waals surface area (Å²) in [4.78, 5) is 1.93. The van der Waals surface area contributed by atoms with Gasteiger partial charge in [-0.3, -0.25) is 0 Å². The van der Waals surface area contributed by atoms with Crippen LogP contribution in [0.25, 0.3) is 22.9 Å². The Kier molecular flexibility index (Phi) is 7.63. The van der Waals surface area contributed by atoms with E-state index in [4.69, 9.17) is 0 Å². The molecular formula is C27H28N2O3S. The highest BCUT2D eigenvalue weighted by Gasteiger charge is 2.05. The van der Waals surface area contributed by atoms with Gasteiger partial charge >= 0.3 is 0 Å². The van der Waals surface area contributed by atoms with Crippen LogP contribution in [0.5, 0.6) is 0 Å². The van der Waals surface area contributed by atoms with E-state index in [1.807, 2.05) is 6.92 Å². The van der Waals surface area contributed by atoms with Gasteiger partial charge in [0.1, 0.15) is 17.2 Å². The van der Waals surface area contributed by atoms with Gasteiger partial charge in [0.15, 0.2) is 6.20 Å². The van der Waals surface area contributed by atoms with Crippen molar-refractivity contribution in [1.29, 1.82) is 0 Å². The Balaban J connectivity index is 0.000000235. The lowest BCUT2D eigenvalue weighted by Gasteiger charge is -2.11. The number of pyridine rings is 1. The van der Waals surface area contributed by atoms with Crippen LogP contribution in [0.3, 0.4) is 0 Å². The van der Waals surface area contributed by atoms with Crippen LogP contribution in [0.15, 0.2) is 90.0 Å². The molecule has 0 saturated heterocycles. The maximum Gasteiger partial charge on any atom is 0.205 e. The third-order valence-electron chi connectivity index (χ3n) is 5.21. The first-order valence-electron chi connectivity index (χ1n) is 10.5. The molecule has 4 rings (SSSR count). The van der Waals surface area contributed by atoms with Gasteiger partial charge in [0.2, 0.25) is 5.69 Å². The van der Waals surface area contributed by atoms with Crippen LogP contribution in [0, 0.1) is 6.92 Å². The summed E-state index contributed by atoms with van der Waals surface area (Å²) in [6.07, 6.45) is 6.49. The molecule has 0 amide bonds. The van der Waals surface area contributed by atoms with Gasteiger partial charge in [-0.05, 0) is 54.3 Å². The number of benzene rings is 3. The molecule has 33 heavy (non-hydrogen) atoms. The van der Waals surface area contributed by atoms with Crippen molar-refractivity contribution in [3.8, 4) is 0 Å². The maximum absolute atomic E-state index is 10.4. The van der Waals surface area contributed by atoms with Crippen molar-refractivity contribution in [3.05, 3.63) is 102 Å². The summed E-state index contributed by atoms with van der Waals surface area (Å²) < 4.78 is 33.3. The molecule has 0 unspecified atom stereocenters. The van der Waals surface area contributed by atoms with E-state index in [-0.39, 0.29) is 4.90 Å². The fourth-order valence-corrected chi connectivity index (χ4v) is 3.71. The molecule has 0 aliphatic carbocycles. The Labute approximate surface area is 196 Å². The molecule has 0 saturated carbocycles. The van der Waals surface area contributed by atoms with Crippen molar-refractivity contribution in [1.82, 2.24) is 0 Å². The Morgan fingerprint density at radius 3 is 2.03 bits per heavy atom. The molecule has 3 aromatic carbocycles. The predicted molar refractivity (Wildman–Crippen MR) is 134 cm³/mol. The predicted octanol–water partition coefficient (Wildman–Crippen LogP) is 4.80. The number of aromatic nitrogens is 1. The molecule has 5 nitrogen and oxygen atoms in total. The van der Waals surface area contributed by atoms with Crippen molar-refractivity contribution >= 4 is 38.7 Å². The lowest BCUT2D eigenvalue weighted by atomic mass is 10.1. The molecule has 0 radical (unpaired) electrons. The lowest BCUT2D eigenvalue weighted by molar-refractivity contribution is -0.671. The Hall–Kier alpha value is -3.48. The standard InChI is InChI=1S/C20H21N2.C7H8O3S/c1-21(2)19-11-8-16(9-12-19)10-13-20-14-17-6-4-5-7-18(17)15-22(20)3;1-6-2-4-7(5-3-6)11(8,9)10/h4-15H,1-3H3;2-5H,1H3,(H,8,9,10)/q+1;/p-1. The van der Waals surface area contributed by atoms with Gasteiger partial charge in [-0.15, -0.1) is 0 Å². The first kappa shape index (κ1) is 24.2. The Bertz CT molecular complexity index is 1360.